The largest absolute Gasteiger partial charge is 0.310 e. The summed E-state index contributed by atoms with van der Waals surface area (Å²) in [5.41, 5.74) is 13.3. The summed E-state index contributed by atoms with van der Waals surface area (Å²) in [6.07, 6.45) is 5.39. The minimum atomic E-state index is 0.129. The summed E-state index contributed by atoms with van der Waals surface area (Å²) in [7, 11) is 0. The standard InChI is InChI=1S/C47H36N2/c1-2-12-35(13-3-1)49-45-17-9-7-15-41(45)42-25-23-38(29-46(42)49)48(36-21-19-32-10-4-5-11-33(32)27-36)37-22-24-40-39-14-6-8-16-43(39)47(44(40)28-37)30-31-18-20-34(47)26-31/h1-17,19,21-25,27-29,31,34H,18,20,26,30H2. The number of hydrogen-bond acceptors (Lipinski definition) is 1. The summed E-state index contributed by atoms with van der Waals surface area (Å²) in [5, 5.41) is 5.06. The van der Waals surface area contributed by atoms with Crippen molar-refractivity contribution in [1.82, 2.24) is 4.57 Å². The lowest BCUT2D eigenvalue weighted by Gasteiger charge is -2.37. The zero-order valence-corrected chi connectivity index (χ0v) is 27.4. The Labute approximate surface area is 286 Å². The fourth-order valence-corrected chi connectivity index (χ4v) is 10.2. The average Bonchev–Trinajstić information content (AvgIpc) is 3.92. The fraction of sp³-hybridized carbons (Fsp3) is 0.149. The molecule has 1 aromatic heterocycles. The predicted molar refractivity (Wildman–Crippen MR) is 205 cm³/mol. The molecule has 11 rings (SSSR count). The van der Waals surface area contributed by atoms with Crippen molar-refractivity contribution in [2.24, 2.45) is 11.8 Å². The molecule has 3 atom stereocenters. The molecule has 2 fully saturated rings. The molecular weight excluding hydrogens is 593 g/mol. The van der Waals surface area contributed by atoms with E-state index in [0.717, 1.165) is 11.8 Å². The number of fused-ring (bicyclic) bond motifs is 12. The maximum atomic E-state index is 2.57. The Morgan fingerprint density at radius 2 is 1.20 bits per heavy atom. The van der Waals surface area contributed by atoms with Crippen molar-refractivity contribution < 1.29 is 0 Å². The highest BCUT2D eigenvalue weighted by molar-refractivity contribution is 6.10. The van der Waals surface area contributed by atoms with Gasteiger partial charge in [0.2, 0.25) is 0 Å². The van der Waals surface area contributed by atoms with Gasteiger partial charge in [-0.2, -0.15) is 0 Å². The van der Waals surface area contributed by atoms with E-state index in [1.54, 1.807) is 11.1 Å². The molecule has 1 heterocycles. The highest BCUT2D eigenvalue weighted by atomic mass is 15.1. The molecule has 7 aromatic carbocycles. The minimum Gasteiger partial charge on any atom is -0.310 e. The van der Waals surface area contributed by atoms with E-state index in [-0.39, 0.29) is 5.41 Å². The fourth-order valence-electron chi connectivity index (χ4n) is 10.2. The van der Waals surface area contributed by atoms with Crippen LogP contribution in [0.3, 0.4) is 0 Å². The lowest BCUT2D eigenvalue weighted by atomic mass is 9.67. The summed E-state index contributed by atoms with van der Waals surface area (Å²) >= 11 is 0. The van der Waals surface area contributed by atoms with E-state index in [1.165, 1.54) is 92.1 Å². The van der Waals surface area contributed by atoms with Gasteiger partial charge in [0.25, 0.3) is 0 Å². The first-order valence-corrected chi connectivity index (χ1v) is 17.9. The number of hydrogen-bond donors (Lipinski definition) is 0. The van der Waals surface area contributed by atoms with Crippen LogP contribution in [-0.4, -0.2) is 4.57 Å². The van der Waals surface area contributed by atoms with Gasteiger partial charge >= 0.3 is 0 Å². The Bertz CT molecular complexity index is 2590. The van der Waals surface area contributed by atoms with Gasteiger partial charge in [0.15, 0.2) is 0 Å². The number of anilines is 3. The zero-order valence-electron chi connectivity index (χ0n) is 27.4. The molecule has 2 saturated carbocycles. The van der Waals surface area contributed by atoms with Crippen molar-refractivity contribution in [2.45, 2.75) is 31.1 Å². The first kappa shape index (κ1) is 27.4. The predicted octanol–water partition coefficient (Wildman–Crippen LogP) is 12.5. The summed E-state index contributed by atoms with van der Waals surface area (Å²) < 4.78 is 2.43. The van der Waals surface area contributed by atoms with Crippen molar-refractivity contribution >= 4 is 49.6 Å². The van der Waals surface area contributed by atoms with E-state index < -0.39 is 0 Å². The number of benzene rings is 7. The van der Waals surface area contributed by atoms with Crippen molar-refractivity contribution in [3.05, 3.63) is 169 Å². The van der Waals surface area contributed by atoms with E-state index in [0.29, 0.717) is 0 Å². The van der Waals surface area contributed by atoms with E-state index in [9.17, 15) is 0 Å². The van der Waals surface area contributed by atoms with Crippen LogP contribution in [0.4, 0.5) is 17.1 Å². The van der Waals surface area contributed by atoms with Crippen LogP contribution in [0.2, 0.25) is 0 Å². The summed E-state index contributed by atoms with van der Waals surface area (Å²) in [6.45, 7) is 0. The molecule has 2 bridgehead atoms. The van der Waals surface area contributed by atoms with Crippen LogP contribution in [0.15, 0.2) is 158 Å². The van der Waals surface area contributed by atoms with Crippen LogP contribution in [0.25, 0.3) is 49.4 Å². The second-order valence-electron chi connectivity index (χ2n) is 14.6. The number of nitrogens with zero attached hydrogens (tertiary/aromatic N) is 2. The zero-order chi connectivity index (χ0) is 32.1. The lowest BCUT2D eigenvalue weighted by molar-refractivity contribution is 0.327. The molecule has 49 heavy (non-hydrogen) atoms. The Morgan fingerprint density at radius 3 is 2.08 bits per heavy atom. The Kier molecular flexibility index (Phi) is 5.70. The molecular formula is C47H36N2. The van der Waals surface area contributed by atoms with Gasteiger partial charge in [-0.3, -0.25) is 0 Å². The van der Waals surface area contributed by atoms with Gasteiger partial charge in [0, 0.05) is 38.9 Å². The second kappa shape index (κ2) is 10.2. The van der Waals surface area contributed by atoms with Crippen molar-refractivity contribution in [1.29, 1.82) is 0 Å². The third-order valence-electron chi connectivity index (χ3n) is 12.2. The number of para-hydroxylation sites is 2. The lowest BCUT2D eigenvalue weighted by Crippen LogP contribution is -2.32. The van der Waals surface area contributed by atoms with Crippen LogP contribution in [0.5, 0.6) is 0 Å². The van der Waals surface area contributed by atoms with Gasteiger partial charge < -0.3 is 9.47 Å². The topological polar surface area (TPSA) is 8.17 Å². The molecule has 2 nitrogen and oxygen atoms in total. The third-order valence-corrected chi connectivity index (χ3v) is 12.2. The number of aromatic nitrogens is 1. The summed E-state index contributed by atoms with van der Waals surface area (Å²) in [4.78, 5) is 2.50. The molecule has 3 aliphatic carbocycles. The van der Waals surface area contributed by atoms with E-state index in [2.05, 4.69) is 167 Å². The highest BCUT2D eigenvalue weighted by Gasteiger charge is 2.56. The minimum absolute atomic E-state index is 0.129. The quantitative estimate of drug-likeness (QED) is 0.188. The monoisotopic (exact) mass is 628 g/mol. The van der Waals surface area contributed by atoms with E-state index in [4.69, 9.17) is 0 Å². The Hall–Kier alpha value is -5.60. The molecule has 2 heteroatoms. The molecule has 1 spiro atoms. The van der Waals surface area contributed by atoms with Crippen LogP contribution in [-0.2, 0) is 5.41 Å². The maximum Gasteiger partial charge on any atom is 0.0561 e. The molecule has 0 saturated heterocycles. The van der Waals surface area contributed by atoms with Crippen LogP contribution in [0, 0.1) is 11.8 Å². The molecule has 234 valence electrons. The highest BCUT2D eigenvalue weighted by Crippen LogP contribution is 2.66. The van der Waals surface area contributed by atoms with Gasteiger partial charge in [0.05, 0.1) is 11.0 Å². The third kappa shape index (κ3) is 3.83. The summed E-state index contributed by atoms with van der Waals surface area (Å²) in [5.74, 6) is 1.56. The second-order valence-corrected chi connectivity index (χ2v) is 14.6. The van der Waals surface area contributed by atoms with Gasteiger partial charge in [0.1, 0.15) is 0 Å². The smallest absolute Gasteiger partial charge is 0.0561 e. The summed E-state index contributed by atoms with van der Waals surface area (Å²) in [6, 6.07) is 59.0. The van der Waals surface area contributed by atoms with Crippen molar-refractivity contribution in [2.75, 3.05) is 4.90 Å². The van der Waals surface area contributed by atoms with Crippen LogP contribution in [0.1, 0.15) is 36.8 Å². The normalized spacial score (nSPS) is 20.4. The van der Waals surface area contributed by atoms with Gasteiger partial charge in [-0.25, -0.2) is 0 Å². The SMILES string of the molecule is c1ccc(-n2c3ccccc3c3ccc(N(c4ccc5c(c4)C4(CC6CCC4C6)c4ccccc4-5)c4ccc5ccccc5c4)cc32)cc1. The Balaban J connectivity index is 1.16. The first-order valence-electron chi connectivity index (χ1n) is 17.9. The molecule has 0 aliphatic heterocycles. The van der Waals surface area contributed by atoms with E-state index in [1.807, 2.05) is 0 Å². The maximum absolute atomic E-state index is 2.57. The molecule has 0 N–H and O–H groups in total. The Morgan fingerprint density at radius 1 is 0.510 bits per heavy atom. The van der Waals surface area contributed by atoms with Gasteiger partial charge in [-0.1, -0.05) is 110 Å². The van der Waals surface area contributed by atoms with Crippen LogP contribution < -0.4 is 4.90 Å². The van der Waals surface area contributed by atoms with E-state index >= 15 is 0 Å². The molecule has 8 aromatic rings. The average molecular weight is 629 g/mol. The van der Waals surface area contributed by atoms with Gasteiger partial charge in [-0.05, 0) is 119 Å². The first-order chi connectivity index (χ1) is 24.3. The van der Waals surface area contributed by atoms with Gasteiger partial charge in [-0.15, -0.1) is 0 Å². The van der Waals surface area contributed by atoms with Crippen molar-refractivity contribution in [3.63, 3.8) is 0 Å². The molecule has 0 radical (unpaired) electrons. The van der Waals surface area contributed by atoms with Crippen LogP contribution >= 0.6 is 0 Å². The van der Waals surface area contributed by atoms with Crippen molar-refractivity contribution in [3.8, 4) is 16.8 Å². The number of rotatable bonds is 4. The molecule has 0 amide bonds. The molecule has 3 unspecified atom stereocenters. The molecule has 3 aliphatic rings.